The number of rotatable bonds is 0. The van der Waals surface area contributed by atoms with Crippen molar-refractivity contribution in [3.8, 4) is 11.8 Å². The number of methoxy groups -OCH3 is 1. The van der Waals surface area contributed by atoms with Gasteiger partial charge in [0, 0.05) is 14.8 Å². The monoisotopic (exact) mass is 462 g/mol. The van der Waals surface area contributed by atoms with Gasteiger partial charge in [0.25, 0.3) is 0 Å². The predicted molar refractivity (Wildman–Crippen MR) is 121 cm³/mol. The molecule has 0 radical (unpaired) electrons. The molecule has 0 amide bonds. The van der Waals surface area contributed by atoms with Gasteiger partial charge in [0.1, 0.15) is 28.9 Å². The summed E-state index contributed by atoms with van der Waals surface area (Å²) in [4.78, 5) is 34.2. The molecule has 1 fully saturated rings. The van der Waals surface area contributed by atoms with Crippen molar-refractivity contribution in [2.24, 2.45) is 17.8 Å². The number of phenolic OH excluding ortho intramolecular Hbond substituents is 1. The highest BCUT2D eigenvalue weighted by atomic mass is 16.6. The number of aliphatic hydroxyl groups excluding tert-OH is 2. The van der Waals surface area contributed by atoms with Gasteiger partial charge in [0.2, 0.25) is 0 Å². The molecular formula is C23H30N2O8. The lowest BCUT2D eigenvalue weighted by molar-refractivity contribution is -0.126. The van der Waals surface area contributed by atoms with Crippen LogP contribution in [0.4, 0.5) is 4.79 Å². The summed E-state index contributed by atoms with van der Waals surface area (Å²) < 4.78 is 3.67. The van der Waals surface area contributed by atoms with Gasteiger partial charge in [-0.05, 0) is 50.4 Å². The molecule has 3 unspecified atom stereocenters. The number of benzene rings is 1. The Balaban J connectivity index is 0.00000102. The van der Waals surface area contributed by atoms with Crippen LogP contribution in [0.2, 0.25) is 0 Å². The van der Waals surface area contributed by atoms with Gasteiger partial charge in [-0.2, -0.15) is 5.26 Å². The van der Waals surface area contributed by atoms with E-state index >= 15 is 0 Å². The SMILES string of the molecule is CNC.COC(=O)O.N#CC1=C(O)C2C(=O)C3=C(O)c4c(O)cccc4CC3CC2CC1=O.[HH].[HH]. The second-order valence-corrected chi connectivity index (χ2v) is 7.78. The Hall–Kier alpha value is -3.84. The van der Waals surface area contributed by atoms with Crippen molar-refractivity contribution >= 4 is 23.5 Å². The summed E-state index contributed by atoms with van der Waals surface area (Å²) in [6, 6.07) is 6.58. The number of ether oxygens (including phenoxy) is 1. The molecule has 0 saturated heterocycles. The van der Waals surface area contributed by atoms with Crippen molar-refractivity contribution in [3.05, 3.63) is 46.2 Å². The van der Waals surface area contributed by atoms with Crippen LogP contribution >= 0.6 is 0 Å². The third-order valence-corrected chi connectivity index (χ3v) is 5.67. The Labute approximate surface area is 193 Å². The highest BCUT2D eigenvalue weighted by Crippen LogP contribution is 2.49. The first-order valence-corrected chi connectivity index (χ1v) is 10.1. The minimum absolute atomic E-state index is 0. The van der Waals surface area contributed by atoms with E-state index in [0.717, 1.165) is 12.7 Å². The van der Waals surface area contributed by atoms with Crippen molar-refractivity contribution in [2.45, 2.75) is 19.3 Å². The summed E-state index contributed by atoms with van der Waals surface area (Å²) in [6.45, 7) is 0. The Kier molecular flexibility index (Phi) is 8.21. The molecule has 1 saturated carbocycles. The van der Waals surface area contributed by atoms with E-state index in [1.807, 2.05) is 14.1 Å². The van der Waals surface area contributed by atoms with Crippen molar-refractivity contribution in [1.82, 2.24) is 5.32 Å². The molecule has 4 rings (SSSR count). The topological polar surface area (TPSA) is 177 Å². The number of nitriles is 1. The molecule has 180 valence electrons. The van der Waals surface area contributed by atoms with Gasteiger partial charge < -0.3 is 30.5 Å². The van der Waals surface area contributed by atoms with E-state index in [-0.39, 0.29) is 49.3 Å². The average Bonchev–Trinajstić information content (AvgIpc) is 2.74. The number of carboxylic acid groups (broad SMARTS) is 1. The quantitative estimate of drug-likeness (QED) is 0.360. The van der Waals surface area contributed by atoms with Crippen molar-refractivity contribution in [1.29, 1.82) is 5.26 Å². The molecule has 0 bridgehead atoms. The van der Waals surface area contributed by atoms with Crippen LogP contribution < -0.4 is 5.32 Å². The molecule has 0 aliphatic heterocycles. The van der Waals surface area contributed by atoms with E-state index in [4.69, 9.17) is 15.2 Å². The number of carbonyl (C=O) groups excluding carboxylic acids is 2. The molecule has 3 aliphatic carbocycles. The molecule has 1 aromatic carbocycles. The molecule has 10 nitrogen and oxygen atoms in total. The maximum atomic E-state index is 13.0. The zero-order valence-electron chi connectivity index (χ0n) is 18.5. The van der Waals surface area contributed by atoms with Crippen LogP contribution in [0.5, 0.6) is 5.75 Å². The van der Waals surface area contributed by atoms with Crippen LogP contribution in [0.25, 0.3) is 5.76 Å². The van der Waals surface area contributed by atoms with Crippen LogP contribution in [0.15, 0.2) is 35.1 Å². The second-order valence-electron chi connectivity index (χ2n) is 7.78. The van der Waals surface area contributed by atoms with Crippen LogP contribution in [-0.2, 0) is 20.7 Å². The fourth-order valence-electron chi connectivity index (χ4n) is 4.43. The second kappa shape index (κ2) is 10.7. The summed E-state index contributed by atoms with van der Waals surface area (Å²) >= 11 is 0. The number of aliphatic hydroxyl groups is 2. The normalized spacial score (nSPS) is 22.9. The summed E-state index contributed by atoms with van der Waals surface area (Å²) in [5.74, 6) is -3.40. The smallest absolute Gasteiger partial charge is 0.505 e. The Morgan fingerprint density at radius 2 is 1.82 bits per heavy atom. The van der Waals surface area contributed by atoms with Gasteiger partial charge in [-0.25, -0.2) is 4.79 Å². The van der Waals surface area contributed by atoms with E-state index in [0.29, 0.717) is 12.8 Å². The number of carbonyl (C=O) groups is 3. The van der Waals surface area contributed by atoms with E-state index < -0.39 is 29.4 Å². The third-order valence-electron chi connectivity index (χ3n) is 5.67. The molecule has 33 heavy (non-hydrogen) atoms. The largest absolute Gasteiger partial charge is 0.510 e. The third kappa shape index (κ3) is 4.99. The van der Waals surface area contributed by atoms with Crippen molar-refractivity contribution in [2.75, 3.05) is 21.2 Å². The first-order valence-electron chi connectivity index (χ1n) is 10.1. The van der Waals surface area contributed by atoms with Gasteiger partial charge in [-0.1, -0.05) is 12.1 Å². The molecule has 3 aliphatic rings. The van der Waals surface area contributed by atoms with Gasteiger partial charge in [0.05, 0.1) is 18.6 Å². The zero-order valence-corrected chi connectivity index (χ0v) is 18.5. The highest BCUT2D eigenvalue weighted by Gasteiger charge is 2.50. The zero-order chi connectivity index (χ0) is 24.9. The van der Waals surface area contributed by atoms with Gasteiger partial charge in [-0.3, -0.25) is 9.59 Å². The van der Waals surface area contributed by atoms with Crippen LogP contribution in [-0.4, -0.2) is 59.4 Å². The number of nitrogens with zero attached hydrogens (tertiary/aromatic N) is 1. The molecule has 5 N–H and O–H groups in total. The molecule has 0 aromatic heterocycles. The lowest BCUT2D eigenvalue weighted by Crippen LogP contribution is -2.42. The lowest BCUT2D eigenvalue weighted by atomic mass is 9.62. The number of allylic oxidation sites excluding steroid dienone is 3. The maximum Gasteiger partial charge on any atom is 0.505 e. The van der Waals surface area contributed by atoms with Gasteiger partial charge >= 0.3 is 6.16 Å². The molecule has 0 heterocycles. The standard InChI is InChI=1S/C19H15NO5.C2H7N.C2H4O3.2H2/c20-7-11-13(22)6-10-5-9-4-8-2-1-3-12(21)14(8)18(24)16(9)19(25)15(10)17(11)23;1-3-2;1-5-2(3)4;;/h1-3,9-10,15,21,23-24H,4-6H2;3H,1-2H3;1H3,(H,3,4);2*1H. The summed E-state index contributed by atoms with van der Waals surface area (Å²) in [6.07, 6.45) is -0.271. The molecule has 0 spiro atoms. The maximum absolute atomic E-state index is 13.0. The lowest BCUT2D eigenvalue weighted by Gasteiger charge is -2.40. The molecule has 3 atom stereocenters. The Morgan fingerprint density at radius 3 is 2.36 bits per heavy atom. The minimum atomic E-state index is -1.25. The van der Waals surface area contributed by atoms with Crippen LogP contribution in [0, 0.1) is 29.1 Å². The fourth-order valence-corrected chi connectivity index (χ4v) is 4.43. The molecule has 1 aromatic rings. The van der Waals surface area contributed by atoms with Gasteiger partial charge in [0.15, 0.2) is 11.6 Å². The highest BCUT2D eigenvalue weighted by molar-refractivity contribution is 6.10. The van der Waals surface area contributed by atoms with E-state index in [2.05, 4.69) is 10.1 Å². The number of nitrogens with one attached hydrogen (secondary N) is 1. The number of hydrogen-bond donors (Lipinski definition) is 5. The van der Waals surface area contributed by atoms with Crippen LogP contribution in [0.3, 0.4) is 0 Å². The summed E-state index contributed by atoms with van der Waals surface area (Å²) in [5.41, 5.74) is 0.800. The number of hydrogen-bond acceptors (Lipinski definition) is 9. The predicted octanol–water partition coefficient (Wildman–Crippen LogP) is 2.99. The minimum Gasteiger partial charge on any atom is -0.510 e. The molecule has 10 heteroatoms. The van der Waals surface area contributed by atoms with Crippen molar-refractivity contribution < 1.29 is 42.4 Å². The van der Waals surface area contributed by atoms with Crippen molar-refractivity contribution in [3.63, 3.8) is 0 Å². The van der Waals surface area contributed by atoms with E-state index in [1.54, 1.807) is 18.2 Å². The average molecular weight is 462 g/mol. The Morgan fingerprint density at radius 1 is 1.21 bits per heavy atom. The Bertz CT molecular complexity index is 1080. The first-order chi connectivity index (χ1) is 15.6. The van der Waals surface area contributed by atoms with E-state index in [1.165, 1.54) is 6.07 Å². The molecular weight excluding hydrogens is 432 g/mol. The fraction of sp³-hybridized carbons (Fsp3) is 0.391. The number of aromatic hydroxyl groups is 1. The van der Waals surface area contributed by atoms with Gasteiger partial charge in [-0.15, -0.1) is 0 Å². The summed E-state index contributed by atoms with van der Waals surface area (Å²) in [7, 11) is 4.85. The number of phenols is 1. The number of Topliss-reactive ketones (excluding diaryl/α,β-unsaturated/α-hetero) is 2. The summed E-state index contributed by atoms with van der Waals surface area (Å²) in [5, 5.41) is 50.3. The van der Waals surface area contributed by atoms with E-state index in [9.17, 15) is 24.9 Å². The number of ketones is 2. The first kappa shape index (κ1) is 25.4. The number of fused-ring (bicyclic) bond motifs is 3. The van der Waals surface area contributed by atoms with Crippen LogP contribution in [0.1, 0.15) is 26.8 Å².